The summed E-state index contributed by atoms with van der Waals surface area (Å²) in [7, 11) is 0. The average molecular weight is 573 g/mol. The summed E-state index contributed by atoms with van der Waals surface area (Å²) in [4.78, 5) is 18.2. The molecule has 0 radical (unpaired) electrons. The zero-order valence-corrected chi connectivity index (χ0v) is 23.6. The molecule has 10 heteroatoms. The van der Waals surface area contributed by atoms with Crippen LogP contribution in [0.2, 0.25) is 10.0 Å². The first-order valence-electron chi connectivity index (χ1n) is 12.8. The van der Waals surface area contributed by atoms with Crippen LogP contribution in [0.4, 0.5) is 0 Å². The molecule has 0 bridgehead atoms. The number of aromatic amines is 2. The molecule has 1 aliphatic heterocycles. The van der Waals surface area contributed by atoms with Crippen LogP contribution in [0.5, 0.6) is 5.88 Å². The minimum atomic E-state index is -0.577. The van der Waals surface area contributed by atoms with Gasteiger partial charge in [0.05, 0.1) is 23.0 Å². The smallest absolute Gasteiger partial charge is 0.272 e. The van der Waals surface area contributed by atoms with Crippen molar-refractivity contribution in [2.45, 2.75) is 38.8 Å². The monoisotopic (exact) mass is 572 g/mol. The highest BCUT2D eigenvalue weighted by molar-refractivity contribution is 6.33. The van der Waals surface area contributed by atoms with Crippen molar-refractivity contribution in [1.82, 2.24) is 30.7 Å². The second-order valence-electron chi connectivity index (χ2n) is 10.5. The topological polar surface area (TPSA) is 109 Å². The van der Waals surface area contributed by atoms with Crippen LogP contribution >= 0.6 is 23.2 Å². The van der Waals surface area contributed by atoms with Crippen molar-refractivity contribution >= 4 is 29.1 Å². The highest BCUT2D eigenvalue weighted by atomic mass is 35.5. The molecule has 5 aromatic rings. The van der Waals surface area contributed by atoms with Gasteiger partial charge in [0.25, 0.3) is 5.91 Å². The molecule has 202 valence electrons. The summed E-state index contributed by atoms with van der Waals surface area (Å²) in [5.41, 5.74) is 6.35. The van der Waals surface area contributed by atoms with E-state index in [4.69, 9.17) is 32.9 Å². The Bertz CT molecular complexity index is 1710. The number of aromatic nitrogens is 5. The molecule has 1 aliphatic rings. The van der Waals surface area contributed by atoms with E-state index in [-0.39, 0.29) is 11.9 Å². The summed E-state index contributed by atoms with van der Waals surface area (Å²) >= 11 is 13.1. The quantitative estimate of drug-likeness (QED) is 0.207. The molecule has 40 heavy (non-hydrogen) atoms. The number of aryl methyl sites for hydroxylation is 1. The van der Waals surface area contributed by atoms with Crippen molar-refractivity contribution in [2.75, 3.05) is 0 Å². The summed E-state index contributed by atoms with van der Waals surface area (Å²) in [6.45, 7) is 5.81. The van der Waals surface area contributed by atoms with Crippen molar-refractivity contribution in [3.8, 4) is 39.4 Å². The number of H-pyrrole nitrogens is 2. The highest BCUT2D eigenvalue weighted by Gasteiger charge is 2.37. The maximum absolute atomic E-state index is 13.2. The van der Waals surface area contributed by atoms with E-state index in [0.717, 1.165) is 38.9 Å². The van der Waals surface area contributed by atoms with Gasteiger partial charge in [-0.25, -0.2) is 4.98 Å². The lowest BCUT2D eigenvalue weighted by molar-refractivity contribution is 0.0571. The molecule has 4 heterocycles. The van der Waals surface area contributed by atoms with E-state index in [1.165, 1.54) is 0 Å². The van der Waals surface area contributed by atoms with Gasteiger partial charge in [-0.1, -0.05) is 47.5 Å². The van der Waals surface area contributed by atoms with E-state index in [9.17, 15) is 4.79 Å². The lowest BCUT2D eigenvalue weighted by Gasteiger charge is -2.37. The average Bonchev–Trinajstić information content (AvgIpc) is 3.60. The Kier molecular flexibility index (Phi) is 6.60. The molecule has 0 unspecified atom stereocenters. The van der Waals surface area contributed by atoms with Gasteiger partial charge in [-0.2, -0.15) is 10.2 Å². The number of carbonyl (C=O) groups is 1. The highest BCUT2D eigenvalue weighted by Crippen LogP contribution is 2.45. The molecule has 3 aromatic heterocycles. The molecule has 0 spiro atoms. The normalized spacial score (nSPS) is 15.8. The van der Waals surface area contributed by atoms with Gasteiger partial charge in [-0.05, 0) is 61.7 Å². The van der Waals surface area contributed by atoms with Crippen molar-refractivity contribution in [2.24, 2.45) is 0 Å². The molecule has 0 fully saturated rings. The van der Waals surface area contributed by atoms with Crippen molar-refractivity contribution in [3.05, 3.63) is 94.0 Å². The Labute approximate surface area is 241 Å². The first-order valence-corrected chi connectivity index (χ1v) is 13.5. The lowest BCUT2D eigenvalue weighted by atomic mass is 9.88. The van der Waals surface area contributed by atoms with Crippen LogP contribution in [0, 0.1) is 6.92 Å². The van der Waals surface area contributed by atoms with E-state index in [1.807, 2.05) is 75.5 Å². The molecule has 1 atom stereocenters. The van der Waals surface area contributed by atoms with E-state index >= 15 is 0 Å². The van der Waals surface area contributed by atoms with Gasteiger partial charge in [-0.3, -0.25) is 15.0 Å². The number of halogens is 2. The minimum absolute atomic E-state index is 0.262. The number of pyridine rings is 1. The SMILES string of the molecule is Cc1c[nH]nc1C(=O)N[C@@H]1CC(C)(C)Oc2nc(-c3ccc(-c4cn[nH]c4)cc3Cl)c(-c3ccc(Cl)cc3)cc21. The summed E-state index contributed by atoms with van der Waals surface area (Å²) in [6.07, 6.45) is 5.81. The molecule has 3 N–H and O–H groups in total. The van der Waals surface area contributed by atoms with Crippen LogP contribution in [-0.2, 0) is 0 Å². The number of nitrogens with one attached hydrogen (secondary N) is 3. The second-order valence-corrected chi connectivity index (χ2v) is 11.3. The van der Waals surface area contributed by atoms with Gasteiger partial charge in [0, 0.05) is 46.1 Å². The third-order valence-corrected chi connectivity index (χ3v) is 7.59. The molecule has 2 aromatic carbocycles. The second kappa shape index (κ2) is 10.1. The predicted molar refractivity (Wildman–Crippen MR) is 156 cm³/mol. The molecule has 0 saturated heterocycles. The van der Waals surface area contributed by atoms with E-state index < -0.39 is 5.60 Å². The van der Waals surface area contributed by atoms with Crippen LogP contribution in [-0.4, -0.2) is 36.9 Å². The number of carbonyl (C=O) groups excluding carboxylic acids is 1. The maximum atomic E-state index is 13.2. The van der Waals surface area contributed by atoms with E-state index in [1.54, 1.807) is 12.4 Å². The van der Waals surface area contributed by atoms with Crippen LogP contribution < -0.4 is 10.1 Å². The van der Waals surface area contributed by atoms with Gasteiger partial charge >= 0.3 is 0 Å². The minimum Gasteiger partial charge on any atom is -0.471 e. The van der Waals surface area contributed by atoms with E-state index in [0.29, 0.717) is 33.7 Å². The summed E-state index contributed by atoms with van der Waals surface area (Å²) in [6, 6.07) is 15.1. The molecule has 0 aliphatic carbocycles. The van der Waals surface area contributed by atoms with Crippen LogP contribution in [0.25, 0.3) is 33.5 Å². The van der Waals surface area contributed by atoms with E-state index in [2.05, 4.69) is 25.7 Å². The summed E-state index contributed by atoms with van der Waals surface area (Å²) in [5, 5.41) is 18.1. The fraction of sp³-hybridized carbons (Fsp3) is 0.200. The number of hydrogen-bond donors (Lipinski definition) is 3. The number of rotatable bonds is 5. The molecular formula is C30H26Cl2N6O2. The Morgan fingerprint density at radius 2 is 1.77 bits per heavy atom. The zero-order chi connectivity index (χ0) is 28.0. The first kappa shape index (κ1) is 26.1. The zero-order valence-electron chi connectivity index (χ0n) is 22.0. The number of benzene rings is 2. The first-order chi connectivity index (χ1) is 19.2. The lowest BCUT2D eigenvalue weighted by Crippen LogP contribution is -2.42. The molecule has 8 nitrogen and oxygen atoms in total. The summed E-state index contributed by atoms with van der Waals surface area (Å²) < 4.78 is 6.38. The fourth-order valence-corrected chi connectivity index (χ4v) is 5.43. The molecule has 6 rings (SSSR count). The van der Waals surface area contributed by atoms with Crippen LogP contribution in [0.3, 0.4) is 0 Å². The Morgan fingerprint density at radius 3 is 2.45 bits per heavy atom. The molecule has 0 saturated carbocycles. The molecule has 1 amide bonds. The van der Waals surface area contributed by atoms with Crippen LogP contribution in [0.15, 0.2) is 67.1 Å². The standard InChI is InChI=1S/C30H26Cl2N6O2/c1-16-13-35-38-26(16)28(39)36-25-12-30(2,3)40-29-23(25)11-22(17-4-7-20(31)8-5-17)27(37-29)21-9-6-18(10-24(21)32)19-14-33-34-15-19/h4-11,13-15,25H,12H2,1-3H3,(H,33,34)(H,35,38)(H,36,39)/t25-/m1/s1. The van der Waals surface area contributed by atoms with Gasteiger partial charge in [0.2, 0.25) is 5.88 Å². The number of hydrogen-bond acceptors (Lipinski definition) is 5. The molecular weight excluding hydrogens is 547 g/mol. The third-order valence-electron chi connectivity index (χ3n) is 7.02. The Morgan fingerprint density at radius 1 is 1.00 bits per heavy atom. The fourth-order valence-electron chi connectivity index (χ4n) is 5.03. The summed E-state index contributed by atoms with van der Waals surface area (Å²) in [5.74, 6) is 0.186. The number of fused-ring (bicyclic) bond motifs is 1. The Balaban J connectivity index is 1.49. The number of nitrogens with zero attached hydrogens (tertiary/aromatic N) is 3. The predicted octanol–water partition coefficient (Wildman–Crippen LogP) is 7.18. The van der Waals surface area contributed by atoms with Crippen molar-refractivity contribution in [1.29, 1.82) is 0 Å². The third kappa shape index (κ3) is 4.96. The number of amides is 1. The maximum Gasteiger partial charge on any atom is 0.272 e. The van der Waals surface area contributed by atoms with Gasteiger partial charge in [0.1, 0.15) is 5.60 Å². The number of ether oxygens (including phenoxy) is 1. The van der Waals surface area contributed by atoms with Gasteiger partial charge in [-0.15, -0.1) is 0 Å². The van der Waals surface area contributed by atoms with Crippen molar-refractivity contribution in [3.63, 3.8) is 0 Å². The Hall–Kier alpha value is -4.14. The van der Waals surface area contributed by atoms with Gasteiger partial charge in [0.15, 0.2) is 5.69 Å². The largest absolute Gasteiger partial charge is 0.471 e. The van der Waals surface area contributed by atoms with Crippen molar-refractivity contribution < 1.29 is 9.53 Å². The van der Waals surface area contributed by atoms with Crippen LogP contribution in [0.1, 0.15) is 47.9 Å². The van der Waals surface area contributed by atoms with Gasteiger partial charge < -0.3 is 10.1 Å².